The molecule has 4 rings (SSSR count). The van der Waals surface area contributed by atoms with Gasteiger partial charge in [0.25, 0.3) is 15.9 Å². The van der Waals surface area contributed by atoms with Gasteiger partial charge in [0.1, 0.15) is 0 Å². The lowest BCUT2D eigenvalue weighted by Gasteiger charge is -2.29. The lowest BCUT2D eigenvalue weighted by molar-refractivity contribution is -0.115. The van der Waals surface area contributed by atoms with E-state index >= 15 is 0 Å². The average molecular weight is 470 g/mol. The minimum atomic E-state index is -3.80. The molecule has 9 heteroatoms. The molecule has 0 bridgehead atoms. The first-order chi connectivity index (χ1) is 15.4. The van der Waals surface area contributed by atoms with Gasteiger partial charge in [0.2, 0.25) is 5.91 Å². The fourth-order valence-corrected chi connectivity index (χ4v) is 5.27. The summed E-state index contributed by atoms with van der Waals surface area (Å²) in [6, 6.07) is 15.1. The largest absolute Gasteiger partial charge is 0.333 e. The summed E-state index contributed by atoms with van der Waals surface area (Å²) in [5.74, 6) is -0.147. The Hall–Kier alpha value is -3.17. The number of rotatable bonds is 6. The van der Waals surface area contributed by atoms with Crippen LogP contribution in [-0.4, -0.2) is 31.7 Å². The summed E-state index contributed by atoms with van der Waals surface area (Å²) in [5.41, 5.74) is 3.02. The van der Waals surface area contributed by atoms with Crippen LogP contribution in [-0.2, 0) is 27.8 Å². The Kier molecular flexibility index (Phi) is 6.29. The van der Waals surface area contributed by atoms with Crippen LogP contribution in [0.15, 0.2) is 64.9 Å². The Bertz CT molecular complexity index is 1240. The highest BCUT2D eigenvalue weighted by atomic mass is 32.2. The Morgan fingerprint density at radius 1 is 1.03 bits per heavy atom. The Labute approximate surface area is 191 Å². The number of nitrogens with one attached hydrogen (secondary N) is 2. The molecule has 0 radical (unpaired) electrons. The van der Waals surface area contributed by atoms with E-state index in [1.54, 1.807) is 36.1 Å². The van der Waals surface area contributed by atoms with E-state index in [1.807, 2.05) is 23.6 Å². The van der Waals surface area contributed by atoms with Gasteiger partial charge in [-0.2, -0.15) is 0 Å². The number of benzene rings is 2. The van der Waals surface area contributed by atoms with Gasteiger partial charge in [0.15, 0.2) is 0 Å². The molecule has 1 aromatic heterocycles. The van der Waals surface area contributed by atoms with E-state index in [4.69, 9.17) is 0 Å². The third-order valence-electron chi connectivity index (χ3n) is 5.26. The second-order valence-corrected chi connectivity index (χ2v) is 10.1. The highest BCUT2D eigenvalue weighted by molar-refractivity contribution is 7.92. The Morgan fingerprint density at radius 2 is 1.78 bits per heavy atom. The molecule has 3 aromatic rings. The molecule has 2 heterocycles. The molecule has 0 saturated carbocycles. The molecule has 0 unspecified atom stereocenters. The van der Waals surface area contributed by atoms with Crippen molar-refractivity contribution in [3.05, 3.63) is 76.0 Å². The van der Waals surface area contributed by atoms with Crippen LogP contribution in [0.2, 0.25) is 0 Å². The fourth-order valence-electron chi connectivity index (χ4n) is 3.53. The van der Waals surface area contributed by atoms with Gasteiger partial charge in [-0.05, 0) is 65.4 Å². The maximum absolute atomic E-state index is 12.8. The van der Waals surface area contributed by atoms with Crippen molar-refractivity contribution in [2.45, 2.75) is 31.2 Å². The van der Waals surface area contributed by atoms with Crippen LogP contribution in [0.4, 0.5) is 11.4 Å². The second kappa shape index (κ2) is 9.13. The van der Waals surface area contributed by atoms with E-state index < -0.39 is 10.0 Å². The van der Waals surface area contributed by atoms with E-state index in [-0.39, 0.29) is 16.7 Å². The monoisotopic (exact) mass is 469 g/mol. The quantitative estimate of drug-likeness (QED) is 0.568. The molecule has 2 N–H and O–H groups in total. The number of thiophene rings is 1. The standard InChI is InChI=1S/C23H23N3O4S2/c1-2-22(27)24-18-7-9-20(10-8-18)32(29,30)25-19-6-5-16-11-12-26(15-17(16)14-19)23(28)21-4-3-13-31-21/h3-10,13-14,25H,2,11-12,15H2,1H3,(H,24,27). The van der Waals surface area contributed by atoms with Crippen LogP contribution in [0, 0.1) is 0 Å². The summed E-state index contributed by atoms with van der Waals surface area (Å²) in [7, 11) is -3.80. The summed E-state index contributed by atoms with van der Waals surface area (Å²) >= 11 is 1.41. The first-order valence-electron chi connectivity index (χ1n) is 10.2. The number of carbonyl (C=O) groups excluding carboxylic acids is 2. The van der Waals surface area contributed by atoms with Crippen molar-refractivity contribution in [1.82, 2.24) is 4.90 Å². The van der Waals surface area contributed by atoms with Crippen LogP contribution < -0.4 is 10.0 Å². The van der Waals surface area contributed by atoms with Crippen LogP contribution >= 0.6 is 11.3 Å². The predicted octanol–water partition coefficient (Wildman–Crippen LogP) is 4.10. The summed E-state index contributed by atoms with van der Waals surface area (Å²) in [4.78, 5) is 26.8. The third-order valence-corrected chi connectivity index (χ3v) is 7.51. The average Bonchev–Trinajstić information content (AvgIpc) is 3.33. The number of hydrogen-bond acceptors (Lipinski definition) is 5. The molecule has 2 aromatic carbocycles. The van der Waals surface area contributed by atoms with Crippen molar-refractivity contribution >= 4 is 44.5 Å². The molecule has 0 spiro atoms. The molecule has 0 atom stereocenters. The first-order valence-corrected chi connectivity index (χ1v) is 12.6. The van der Waals surface area contributed by atoms with Gasteiger partial charge in [-0.1, -0.05) is 19.1 Å². The molecule has 0 fully saturated rings. The molecule has 32 heavy (non-hydrogen) atoms. The normalized spacial score (nSPS) is 13.3. The minimum absolute atomic E-state index is 0.00751. The van der Waals surface area contributed by atoms with Crippen LogP contribution in [0.5, 0.6) is 0 Å². The minimum Gasteiger partial charge on any atom is -0.333 e. The van der Waals surface area contributed by atoms with Gasteiger partial charge in [-0.3, -0.25) is 14.3 Å². The Morgan fingerprint density at radius 3 is 2.47 bits per heavy atom. The SMILES string of the molecule is CCC(=O)Nc1ccc(S(=O)(=O)Nc2ccc3c(c2)CN(C(=O)c2cccs2)CC3)cc1. The number of anilines is 2. The zero-order valence-electron chi connectivity index (χ0n) is 17.5. The van der Waals surface area contributed by atoms with Crippen LogP contribution in [0.25, 0.3) is 0 Å². The summed E-state index contributed by atoms with van der Waals surface area (Å²) in [6.07, 6.45) is 1.07. The van der Waals surface area contributed by atoms with E-state index in [1.165, 1.54) is 23.5 Å². The topological polar surface area (TPSA) is 95.6 Å². The molecule has 0 saturated heterocycles. The number of hydrogen-bond donors (Lipinski definition) is 2. The van der Waals surface area contributed by atoms with Gasteiger partial charge in [-0.25, -0.2) is 8.42 Å². The molecule has 1 aliphatic heterocycles. The summed E-state index contributed by atoms with van der Waals surface area (Å²) in [5, 5.41) is 4.57. The van der Waals surface area contributed by atoms with E-state index in [0.717, 1.165) is 17.5 Å². The highest BCUT2D eigenvalue weighted by Crippen LogP contribution is 2.26. The lowest BCUT2D eigenvalue weighted by atomic mass is 9.99. The van der Waals surface area contributed by atoms with Crippen molar-refractivity contribution in [1.29, 1.82) is 0 Å². The molecule has 166 valence electrons. The van der Waals surface area contributed by atoms with Gasteiger partial charge >= 0.3 is 0 Å². The van der Waals surface area contributed by atoms with E-state index in [2.05, 4.69) is 10.0 Å². The van der Waals surface area contributed by atoms with Crippen LogP contribution in [0.1, 0.15) is 34.1 Å². The smallest absolute Gasteiger partial charge is 0.264 e. The maximum atomic E-state index is 12.8. The van der Waals surface area contributed by atoms with Gasteiger partial charge in [-0.15, -0.1) is 11.3 Å². The lowest BCUT2D eigenvalue weighted by Crippen LogP contribution is -2.35. The molecular formula is C23H23N3O4S2. The summed E-state index contributed by atoms with van der Waals surface area (Å²) < 4.78 is 28.3. The predicted molar refractivity (Wildman–Crippen MR) is 125 cm³/mol. The fraction of sp³-hybridized carbons (Fsp3) is 0.217. The molecule has 7 nitrogen and oxygen atoms in total. The number of nitrogens with zero attached hydrogens (tertiary/aromatic N) is 1. The van der Waals surface area contributed by atoms with Gasteiger partial charge < -0.3 is 10.2 Å². The second-order valence-electron chi connectivity index (χ2n) is 7.47. The maximum Gasteiger partial charge on any atom is 0.264 e. The number of amides is 2. The summed E-state index contributed by atoms with van der Waals surface area (Å²) in [6.45, 7) is 2.82. The zero-order chi connectivity index (χ0) is 22.7. The van der Waals surface area contributed by atoms with Gasteiger partial charge in [0.05, 0.1) is 9.77 Å². The molecule has 0 aliphatic carbocycles. The highest BCUT2D eigenvalue weighted by Gasteiger charge is 2.23. The number of carbonyl (C=O) groups is 2. The zero-order valence-corrected chi connectivity index (χ0v) is 19.1. The van der Waals surface area contributed by atoms with Crippen molar-refractivity contribution in [3.8, 4) is 0 Å². The third kappa shape index (κ3) is 4.84. The van der Waals surface area contributed by atoms with E-state index in [0.29, 0.717) is 35.8 Å². The molecule has 2 amide bonds. The number of fused-ring (bicyclic) bond motifs is 1. The van der Waals surface area contributed by atoms with E-state index in [9.17, 15) is 18.0 Å². The van der Waals surface area contributed by atoms with Crippen molar-refractivity contribution < 1.29 is 18.0 Å². The number of sulfonamides is 1. The molecule has 1 aliphatic rings. The van der Waals surface area contributed by atoms with Crippen molar-refractivity contribution in [2.75, 3.05) is 16.6 Å². The van der Waals surface area contributed by atoms with Gasteiger partial charge in [0, 0.05) is 30.9 Å². The molecular weight excluding hydrogens is 446 g/mol. The van der Waals surface area contributed by atoms with Crippen molar-refractivity contribution in [3.63, 3.8) is 0 Å². The van der Waals surface area contributed by atoms with Crippen molar-refractivity contribution in [2.24, 2.45) is 0 Å². The first kappa shape index (κ1) is 22.0. The van der Waals surface area contributed by atoms with Crippen LogP contribution in [0.3, 0.4) is 0 Å². The Balaban J connectivity index is 1.49.